The molecule has 0 bridgehead atoms. The van der Waals surface area contributed by atoms with Crippen molar-refractivity contribution in [1.82, 2.24) is 39.6 Å². The molecule has 8 heterocycles. The van der Waals surface area contributed by atoms with Crippen molar-refractivity contribution in [3.63, 3.8) is 0 Å². The molecule has 0 radical (unpaired) electrons. The standard InChI is InChI=1S/C19H28N2O4.C19H31NO6.C16H27NO4.C14H23NO4.C12H21NO3.C11H19NO3.C7H15O4P.C5H9ClO.C5H7NO/c1-18(2,3)25-17(24)20-13-10-19(4,11-14-20)9-8-16(23)21-12-6-5-7-15(21)22;1-17(2,3)25-15(22)20-12-10-19(7,11-13-20)9-8-14(21)24-16(23)26-18(4,5)6;1-6-20-13(18)7-8-16(5)9-11-17(12-10-16)14(19)21-15(2,3)4;1-13(2,3)19-12(18)15-9-7-14(4,8-10-15)6-5-11(16)17;1-11(2,3)16-10(15)13-7-5-12(4,9-14)6-8-13;1-11(2,3)15-10(14)12-6-4-9(8-13)5-7-12;1-4-10-12(9,11-5-2)6-7(3)8;1-5(2,3)4(6)7;7-5-3-1-2-4-6-5/h5,7-9H,6,10-14H2,1-4H3;8-9H,10-13H2,1-7H3;7-8H,6,9-12H2,1-5H3;5-6H,7-10H2,1-4H3,(H,16,17);9H,5-8H2,1-4H3;8-9H,4-7H2,1-3H3;4-6H2,1-3H3;1-3H3;1,3H,2,4H2,(H,6,7)/b2*9-8+;8-7+;6-5+;;;;;. The Hall–Kier alpha value is -10.3. The number of carboxylic acids is 1. The maximum absolute atomic E-state index is 12.2. The molecule has 844 valence electrons. The first-order valence-corrected chi connectivity index (χ1v) is 53.2. The van der Waals surface area contributed by atoms with Crippen LogP contribution in [0.15, 0.2) is 72.9 Å². The van der Waals surface area contributed by atoms with Crippen molar-refractivity contribution in [2.45, 2.75) is 358 Å². The Kier molecular flexibility index (Phi) is 58.1. The summed E-state index contributed by atoms with van der Waals surface area (Å²) in [5, 5.41) is 11.0. The summed E-state index contributed by atoms with van der Waals surface area (Å²) >= 11 is 5.11. The molecule has 40 heteroatoms. The number of amides is 9. The van der Waals surface area contributed by atoms with Crippen LogP contribution < -0.4 is 5.32 Å². The smallest absolute Gasteiger partial charge is 0.478 e. The average Bonchev–Trinajstić information content (AvgIpc) is 0.837. The highest BCUT2D eigenvalue weighted by Crippen LogP contribution is 2.48. The lowest BCUT2D eigenvalue weighted by molar-refractivity contribution is -0.140. The van der Waals surface area contributed by atoms with Gasteiger partial charge in [-0.05, 0) is 308 Å². The van der Waals surface area contributed by atoms with Crippen LogP contribution in [0.1, 0.15) is 318 Å². The monoisotopic (exact) mass is 2140 g/mol. The second-order valence-electron chi connectivity index (χ2n) is 46.8. The van der Waals surface area contributed by atoms with Gasteiger partial charge in [0.25, 0.3) is 11.8 Å². The van der Waals surface area contributed by atoms with Crippen molar-refractivity contribution in [3.05, 3.63) is 72.9 Å². The molecule has 0 saturated carbocycles. The molecule has 6 fully saturated rings. The van der Waals surface area contributed by atoms with E-state index < -0.39 is 64.9 Å². The topological polar surface area (TPSA) is 464 Å². The molecule has 8 rings (SSSR count). The molecule has 0 unspecified atom stereocenters. The van der Waals surface area contributed by atoms with Gasteiger partial charge in [-0.25, -0.2) is 47.9 Å². The lowest BCUT2D eigenvalue weighted by atomic mass is 9.80. The van der Waals surface area contributed by atoms with E-state index in [0.717, 1.165) is 89.7 Å². The second kappa shape index (κ2) is 62.5. The van der Waals surface area contributed by atoms with Crippen LogP contribution in [-0.2, 0) is 104 Å². The van der Waals surface area contributed by atoms with E-state index in [0.29, 0.717) is 124 Å². The molecular formula is C108H180ClN8O30P. The summed E-state index contributed by atoms with van der Waals surface area (Å²) in [7, 11) is -3.12. The molecule has 0 aromatic rings. The maximum atomic E-state index is 12.2. The van der Waals surface area contributed by atoms with Gasteiger partial charge in [-0.1, -0.05) is 91.8 Å². The molecule has 2 N–H and O–H groups in total. The third-order valence-corrected chi connectivity index (χ3v) is 25.4. The first-order chi connectivity index (χ1) is 67.6. The van der Waals surface area contributed by atoms with Gasteiger partial charge >= 0.3 is 68.2 Å². The highest BCUT2D eigenvalue weighted by Gasteiger charge is 2.40. The van der Waals surface area contributed by atoms with E-state index in [1.54, 1.807) is 116 Å². The number of imide groups is 1. The molecule has 148 heavy (non-hydrogen) atoms. The van der Waals surface area contributed by atoms with Gasteiger partial charge in [0.1, 0.15) is 63.7 Å². The van der Waals surface area contributed by atoms with Gasteiger partial charge < -0.3 is 101 Å². The molecule has 8 aliphatic heterocycles. The van der Waals surface area contributed by atoms with Gasteiger partial charge in [0.15, 0.2) is 0 Å². The number of likely N-dealkylation sites (tertiary alicyclic amines) is 6. The van der Waals surface area contributed by atoms with E-state index in [2.05, 4.69) is 23.9 Å². The largest absolute Gasteiger partial charge is 0.516 e. The molecule has 0 spiro atoms. The fourth-order valence-corrected chi connectivity index (χ4v) is 15.4. The Morgan fingerprint density at radius 3 is 0.946 bits per heavy atom. The Morgan fingerprint density at radius 1 is 0.412 bits per heavy atom. The predicted octanol–water partition coefficient (Wildman–Crippen LogP) is 20.5. The third-order valence-electron chi connectivity index (χ3n) is 22.7. The van der Waals surface area contributed by atoms with Gasteiger partial charge in [-0.3, -0.25) is 33.4 Å². The van der Waals surface area contributed by atoms with E-state index in [1.165, 1.54) is 42.2 Å². The Morgan fingerprint density at radius 2 is 0.703 bits per heavy atom. The summed E-state index contributed by atoms with van der Waals surface area (Å²) in [5.74, 6) is -2.58. The van der Waals surface area contributed by atoms with E-state index in [9.17, 15) is 86.1 Å². The number of aliphatic carboxylic acids is 1. The first-order valence-electron chi connectivity index (χ1n) is 51.1. The minimum atomic E-state index is -3.12. The van der Waals surface area contributed by atoms with Crippen LogP contribution >= 0.6 is 19.2 Å². The van der Waals surface area contributed by atoms with Crippen LogP contribution in [0.25, 0.3) is 0 Å². The van der Waals surface area contributed by atoms with Crippen molar-refractivity contribution in [2.75, 3.05) is 118 Å². The number of ether oxygens (including phenoxy) is 9. The zero-order valence-electron chi connectivity index (χ0n) is 95.0. The van der Waals surface area contributed by atoms with Gasteiger partial charge in [-0.2, -0.15) is 0 Å². The normalized spacial score (nSPS) is 18.3. The number of aldehydes is 2. The number of esters is 2. The van der Waals surface area contributed by atoms with Crippen molar-refractivity contribution in [2.24, 2.45) is 38.4 Å². The van der Waals surface area contributed by atoms with E-state index in [4.69, 9.17) is 63.6 Å². The maximum Gasteiger partial charge on any atom is 0.516 e. The van der Waals surface area contributed by atoms with Gasteiger partial charge in [0, 0.05) is 133 Å². The lowest BCUT2D eigenvalue weighted by Gasteiger charge is -2.38. The Bertz CT molecular complexity index is 4520. The van der Waals surface area contributed by atoms with E-state index in [-0.39, 0.29) is 116 Å². The molecule has 8 aliphatic rings. The van der Waals surface area contributed by atoms with Crippen LogP contribution in [-0.4, -0.2) is 298 Å². The van der Waals surface area contributed by atoms with Gasteiger partial charge in [-0.15, -0.1) is 0 Å². The Balaban J connectivity index is 0.00000168. The SMILES string of the molecule is CC(C)(C)C(=O)Cl.CC(C)(C)OC(=O)N1CCC(C=O)CC1.CC1(/C=C/C(=O)N2CCC=CC2=O)CCN(C(=O)OC(C)(C)C)CC1.CC1(/C=C/C(=O)O)CCN(C(=O)OC(C)(C)C)CC1.CC1(/C=C/C(=O)OC(=O)OC(C)(C)C)CCN(C(=O)OC(C)(C)C)CC1.CC1(C=O)CCN(C(=O)OC(C)(C)C)CC1.CCOC(=O)/C=C/C1(C)CCN(C(=O)OC(C)(C)C)CC1.CCOP(=O)(CC(C)=O)OCC.O=C1C=CCCN1. The number of halogens is 1. The summed E-state index contributed by atoms with van der Waals surface area (Å²) in [6.07, 6.45) is 29.0. The minimum absolute atomic E-state index is 0.0336. The zero-order chi connectivity index (χ0) is 114. The van der Waals surface area contributed by atoms with Gasteiger partial charge in [0.05, 0.1) is 19.8 Å². The van der Waals surface area contributed by atoms with Crippen molar-refractivity contribution in [3.8, 4) is 0 Å². The number of carboxylic acid groups (broad SMARTS) is 1. The summed E-state index contributed by atoms with van der Waals surface area (Å²) in [5.41, 5.74) is -4.90. The summed E-state index contributed by atoms with van der Waals surface area (Å²) in [4.78, 5) is 204. The van der Waals surface area contributed by atoms with Crippen LogP contribution in [0, 0.1) is 38.4 Å². The van der Waals surface area contributed by atoms with Crippen LogP contribution in [0.4, 0.5) is 33.6 Å². The number of piperidine rings is 6. The second-order valence-corrected chi connectivity index (χ2v) is 49.2. The number of ketones is 1. The number of Topliss-reactive ketones (excluding diaryl/α,β-unsaturated/α-hetero) is 1. The Labute approximate surface area is 885 Å². The van der Waals surface area contributed by atoms with Crippen LogP contribution in [0.3, 0.4) is 0 Å². The molecule has 6 saturated heterocycles. The molecule has 0 aromatic heterocycles. The summed E-state index contributed by atoms with van der Waals surface area (Å²) in [6.45, 7) is 69.7. The van der Waals surface area contributed by atoms with Crippen LogP contribution in [0.5, 0.6) is 0 Å². The highest BCUT2D eigenvalue weighted by atomic mass is 35.5. The first kappa shape index (κ1) is 138. The number of hydrogen-bond acceptors (Lipinski definition) is 29. The fraction of sp³-hybridized carbons (Fsp3) is 0.731. The molecule has 0 aromatic carbocycles. The van der Waals surface area contributed by atoms with Crippen molar-refractivity contribution in [1.29, 1.82) is 0 Å². The summed E-state index contributed by atoms with van der Waals surface area (Å²) in [6, 6.07) is 0. The molecule has 0 aliphatic carbocycles. The number of nitrogens with zero attached hydrogens (tertiary/aromatic N) is 7. The highest BCUT2D eigenvalue weighted by molar-refractivity contribution is 7.54. The number of nitrogens with one attached hydrogen (secondary N) is 1. The van der Waals surface area contributed by atoms with E-state index >= 15 is 0 Å². The average molecular weight is 2140 g/mol. The van der Waals surface area contributed by atoms with Gasteiger partial charge in [0.2, 0.25) is 11.1 Å². The molecule has 9 amide bonds. The lowest BCUT2D eigenvalue weighted by Crippen LogP contribution is -2.44. The third kappa shape index (κ3) is 63.6. The zero-order valence-corrected chi connectivity index (χ0v) is 96.7. The molecular weight excluding hydrogens is 1960 g/mol. The number of carbonyl (C=O) groups excluding carboxylic acids is 16. The quantitative estimate of drug-likeness (QED) is 0.0260. The predicted molar refractivity (Wildman–Crippen MR) is 566 cm³/mol. The number of hydrogen-bond donors (Lipinski definition) is 2. The van der Waals surface area contributed by atoms with Crippen molar-refractivity contribution < 1.29 is 143 Å². The van der Waals surface area contributed by atoms with Crippen molar-refractivity contribution >= 4 is 121 Å². The number of carbonyl (C=O) groups is 17. The summed E-state index contributed by atoms with van der Waals surface area (Å²) < 4.78 is 67.7. The fourth-order valence-electron chi connectivity index (χ4n) is 13.8. The minimum Gasteiger partial charge on any atom is -0.478 e. The molecule has 0 atom stereocenters. The number of allylic oxidation sites excluding steroid dienone is 4. The van der Waals surface area contributed by atoms with E-state index in [1.807, 2.05) is 164 Å². The molecule has 38 nitrogen and oxygen atoms in total. The number of rotatable bonds is 17. The van der Waals surface area contributed by atoms with Crippen LogP contribution in [0.2, 0.25) is 0 Å².